The second-order valence-electron chi connectivity index (χ2n) is 10.5. The van der Waals surface area contributed by atoms with Crippen LogP contribution in [0.15, 0.2) is 42.5 Å². The molecule has 2 aromatic carbocycles. The summed E-state index contributed by atoms with van der Waals surface area (Å²) in [4.78, 5) is 22.3. The van der Waals surface area contributed by atoms with Crippen LogP contribution in [0.3, 0.4) is 0 Å². The molecule has 0 saturated carbocycles. The van der Waals surface area contributed by atoms with Gasteiger partial charge in [-0.1, -0.05) is 24.3 Å². The minimum atomic E-state index is -0.539. The van der Waals surface area contributed by atoms with Crippen molar-refractivity contribution in [2.75, 3.05) is 70.5 Å². The molecule has 1 atom stereocenters. The molecule has 4 aliphatic rings. The molecular formula is C28H36N4O3. The average molecular weight is 477 g/mol. The van der Waals surface area contributed by atoms with Gasteiger partial charge >= 0.3 is 0 Å². The first-order valence-corrected chi connectivity index (χ1v) is 13.1. The summed E-state index contributed by atoms with van der Waals surface area (Å²) in [6.07, 6.45) is 1.33. The topological polar surface area (TPSA) is 59.5 Å². The Balaban J connectivity index is 1.04. The molecule has 35 heavy (non-hydrogen) atoms. The van der Waals surface area contributed by atoms with Crippen molar-refractivity contribution in [2.45, 2.75) is 31.5 Å². The van der Waals surface area contributed by atoms with Gasteiger partial charge in [0.2, 0.25) is 0 Å². The third-order valence-corrected chi connectivity index (χ3v) is 8.18. The third-order valence-electron chi connectivity index (χ3n) is 8.18. The van der Waals surface area contributed by atoms with Crippen LogP contribution in [0, 0.1) is 0 Å². The number of carbonyl (C=O) groups excluding carboxylic acids is 1. The second-order valence-corrected chi connectivity index (χ2v) is 10.5. The molecular weight excluding hydrogens is 440 g/mol. The molecule has 2 aromatic rings. The van der Waals surface area contributed by atoms with Crippen LogP contribution in [0.25, 0.3) is 0 Å². The van der Waals surface area contributed by atoms with Gasteiger partial charge in [0.15, 0.2) is 0 Å². The maximum absolute atomic E-state index is 13.2. The number of ether oxygens (including phenoxy) is 1. The normalized spacial score (nSPS) is 22.5. The highest BCUT2D eigenvalue weighted by Crippen LogP contribution is 2.27. The summed E-state index contributed by atoms with van der Waals surface area (Å²) in [7, 11) is 0. The number of nitrogens with zero attached hydrogens (tertiary/aromatic N) is 4. The van der Waals surface area contributed by atoms with Gasteiger partial charge in [-0.05, 0) is 47.7 Å². The number of benzene rings is 2. The van der Waals surface area contributed by atoms with E-state index in [0.717, 1.165) is 76.5 Å². The number of aliphatic hydroxyl groups is 1. The zero-order valence-electron chi connectivity index (χ0n) is 20.4. The molecule has 4 aliphatic heterocycles. The fourth-order valence-electron chi connectivity index (χ4n) is 5.99. The molecule has 0 aliphatic carbocycles. The summed E-state index contributed by atoms with van der Waals surface area (Å²) < 4.78 is 5.35. The number of rotatable bonds is 6. The van der Waals surface area contributed by atoms with Crippen LogP contribution in [0.1, 0.15) is 27.0 Å². The van der Waals surface area contributed by atoms with E-state index in [4.69, 9.17) is 4.74 Å². The van der Waals surface area contributed by atoms with Crippen molar-refractivity contribution in [3.05, 3.63) is 64.7 Å². The van der Waals surface area contributed by atoms with Crippen LogP contribution in [-0.4, -0.2) is 103 Å². The Morgan fingerprint density at radius 2 is 1.66 bits per heavy atom. The highest BCUT2D eigenvalue weighted by Gasteiger charge is 2.30. The lowest BCUT2D eigenvalue weighted by molar-refractivity contribution is -0.0660. The van der Waals surface area contributed by atoms with Crippen LogP contribution in [-0.2, 0) is 24.1 Å². The van der Waals surface area contributed by atoms with Crippen LogP contribution in [0.2, 0.25) is 0 Å². The van der Waals surface area contributed by atoms with E-state index in [2.05, 4.69) is 51.1 Å². The summed E-state index contributed by atoms with van der Waals surface area (Å²) in [6.45, 7) is 9.41. The molecule has 0 radical (unpaired) electrons. The Labute approximate surface area is 207 Å². The van der Waals surface area contributed by atoms with E-state index in [-0.39, 0.29) is 5.91 Å². The lowest BCUT2D eigenvalue weighted by Gasteiger charge is -2.43. The minimum absolute atomic E-state index is 0.0515. The van der Waals surface area contributed by atoms with Crippen molar-refractivity contribution in [1.29, 1.82) is 0 Å². The smallest absolute Gasteiger partial charge is 0.254 e. The van der Waals surface area contributed by atoms with Crippen LogP contribution in [0.4, 0.5) is 5.69 Å². The molecule has 186 valence electrons. The second kappa shape index (κ2) is 9.90. The SMILES string of the molecule is O=C1c2ccc(N3CCN(C4COC4)CC3)cc2CCN1C[C@H](O)CN1CCc2ccccc2C1. The van der Waals surface area contributed by atoms with E-state index in [1.54, 1.807) is 0 Å². The maximum atomic E-state index is 13.2. The lowest BCUT2D eigenvalue weighted by Crippen LogP contribution is -2.56. The van der Waals surface area contributed by atoms with Crippen molar-refractivity contribution in [2.24, 2.45) is 0 Å². The zero-order valence-corrected chi connectivity index (χ0v) is 20.4. The standard InChI is InChI=1S/C28H36N4O3/c33-26(17-29-9-7-21-3-1-2-4-23(21)16-29)18-32-10-8-22-15-24(5-6-27(22)28(32)34)30-11-13-31(14-12-30)25-19-35-20-25/h1-6,15,25-26,33H,7-14,16-20H2/t26-/m1/s1. The van der Waals surface area contributed by atoms with Gasteiger partial charge < -0.3 is 19.6 Å². The molecule has 7 nitrogen and oxygen atoms in total. The molecule has 4 heterocycles. The van der Waals surface area contributed by atoms with E-state index in [0.29, 0.717) is 25.7 Å². The molecule has 0 unspecified atom stereocenters. The number of amides is 1. The van der Waals surface area contributed by atoms with E-state index in [1.807, 2.05) is 11.0 Å². The number of hydrogen-bond acceptors (Lipinski definition) is 6. The molecule has 1 amide bonds. The molecule has 2 saturated heterocycles. The maximum Gasteiger partial charge on any atom is 0.254 e. The first kappa shape index (κ1) is 23.0. The summed E-state index contributed by atoms with van der Waals surface area (Å²) in [5, 5.41) is 10.8. The first-order valence-electron chi connectivity index (χ1n) is 13.1. The monoisotopic (exact) mass is 476 g/mol. The summed E-state index contributed by atoms with van der Waals surface area (Å²) in [6, 6.07) is 15.5. The Morgan fingerprint density at radius 1 is 0.886 bits per heavy atom. The minimum Gasteiger partial charge on any atom is -0.390 e. The number of piperazine rings is 1. The number of β-amino-alcohol motifs (C(OH)–C–C–N with tert-alkyl or cyclic N) is 1. The van der Waals surface area contributed by atoms with Gasteiger partial charge in [0.05, 0.1) is 25.4 Å². The number of hydrogen-bond donors (Lipinski definition) is 1. The summed E-state index contributed by atoms with van der Waals surface area (Å²) in [5.41, 5.74) is 5.92. The molecule has 0 bridgehead atoms. The van der Waals surface area contributed by atoms with E-state index < -0.39 is 6.10 Å². The number of fused-ring (bicyclic) bond motifs is 2. The van der Waals surface area contributed by atoms with E-state index in [1.165, 1.54) is 16.8 Å². The molecule has 2 fully saturated rings. The Hall–Kier alpha value is -2.45. The average Bonchev–Trinajstić information content (AvgIpc) is 2.85. The van der Waals surface area contributed by atoms with Gasteiger partial charge in [0, 0.05) is 70.2 Å². The predicted octanol–water partition coefficient (Wildman–Crippen LogP) is 1.62. The van der Waals surface area contributed by atoms with Gasteiger partial charge in [-0.15, -0.1) is 0 Å². The van der Waals surface area contributed by atoms with Crippen LogP contribution in [0.5, 0.6) is 0 Å². The van der Waals surface area contributed by atoms with Gasteiger partial charge in [0.25, 0.3) is 5.91 Å². The molecule has 7 heteroatoms. The van der Waals surface area contributed by atoms with Gasteiger partial charge in [-0.25, -0.2) is 0 Å². The molecule has 1 N–H and O–H groups in total. The Kier molecular flexibility index (Phi) is 6.50. The largest absolute Gasteiger partial charge is 0.390 e. The van der Waals surface area contributed by atoms with Crippen LogP contribution >= 0.6 is 0 Å². The quantitative estimate of drug-likeness (QED) is 0.684. The fraction of sp³-hybridized carbons (Fsp3) is 0.536. The molecule has 0 aromatic heterocycles. The van der Waals surface area contributed by atoms with Crippen molar-refractivity contribution < 1.29 is 14.6 Å². The Bertz CT molecular complexity index is 1060. The number of aliphatic hydroxyl groups excluding tert-OH is 1. The summed E-state index contributed by atoms with van der Waals surface area (Å²) >= 11 is 0. The molecule has 0 spiro atoms. The first-order chi connectivity index (χ1) is 17.1. The third kappa shape index (κ3) is 4.83. The van der Waals surface area contributed by atoms with Crippen LogP contribution < -0.4 is 4.90 Å². The van der Waals surface area contributed by atoms with Crippen molar-refractivity contribution >= 4 is 11.6 Å². The summed E-state index contributed by atoms with van der Waals surface area (Å²) in [5.74, 6) is 0.0515. The van der Waals surface area contributed by atoms with E-state index >= 15 is 0 Å². The highest BCUT2D eigenvalue weighted by atomic mass is 16.5. The van der Waals surface area contributed by atoms with Crippen molar-refractivity contribution in [3.63, 3.8) is 0 Å². The molecule has 6 rings (SSSR count). The fourth-order valence-corrected chi connectivity index (χ4v) is 5.99. The van der Waals surface area contributed by atoms with Gasteiger partial charge in [0.1, 0.15) is 0 Å². The van der Waals surface area contributed by atoms with Gasteiger partial charge in [-0.3, -0.25) is 14.6 Å². The van der Waals surface area contributed by atoms with E-state index in [9.17, 15) is 9.90 Å². The predicted molar refractivity (Wildman–Crippen MR) is 136 cm³/mol. The van der Waals surface area contributed by atoms with Crippen molar-refractivity contribution in [1.82, 2.24) is 14.7 Å². The number of anilines is 1. The highest BCUT2D eigenvalue weighted by molar-refractivity contribution is 5.97. The van der Waals surface area contributed by atoms with Gasteiger partial charge in [-0.2, -0.15) is 0 Å². The number of carbonyl (C=O) groups is 1. The lowest BCUT2D eigenvalue weighted by atomic mass is 9.97. The zero-order chi connectivity index (χ0) is 23.8. The Morgan fingerprint density at radius 3 is 2.43 bits per heavy atom. The van der Waals surface area contributed by atoms with Crippen molar-refractivity contribution in [3.8, 4) is 0 Å².